The molecule has 0 aliphatic rings. The molecule has 1 aromatic carbocycles. The van der Waals surface area contributed by atoms with Crippen molar-refractivity contribution in [2.45, 2.75) is 26.0 Å². The molecule has 1 heterocycles. The van der Waals surface area contributed by atoms with Gasteiger partial charge in [-0.25, -0.2) is 4.99 Å². The van der Waals surface area contributed by atoms with E-state index in [1.54, 1.807) is 11.3 Å². The normalized spacial score (nSPS) is 12.3. The number of hydrogen-bond donors (Lipinski definition) is 3. The summed E-state index contributed by atoms with van der Waals surface area (Å²) in [5, 5.41) is 20.7. The molecule has 0 aliphatic carbocycles. The molecule has 2 rings (SSSR count). The van der Waals surface area contributed by atoms with Crippen LogP contribution in [0, 0.1) is 0 Å². The molecule has 3 N–H and O–H groups in total. The second kappa shape index (κ2) is 11.4. The number of aliphatic imine (C=N–C) groups is 1. The maximum atomic E-state index is 10.1. The Morgan fingerprint density at radius 1 is 1.17 bits per heavy atom. The van der Waals surface area contributed by atoms with Crippen molar-refractivity contribution in [1.82, 2.24) is 10.6 Å². The first-order chi connectivity index (χ1) is 10.8. The molecule has 0 aliphatic heterocycles. The predicted octanol–water partition coefficient (Wildman–Crippen LogP) is 3.02. The summed E-state index contributed by atoms with van der Waals surface area (Å²) in [5.41, 5.74) is 2.34. The number of aliphatic hydroxyl groups excluding tert-OH is 1. The molecule has 1 unspecified atom stereocenters. The van der Waals surface area contributed by atoms with E-state index in [1.807, 2.05) is 37.3 Å². The second-order valence-electron chi connectivity index (χ2n) is 5.05. The van der Waals surface area contributed by atoms with Crippen LogP contribution in [-0.2, 0) is 13.0 Å². The molecule has 2 aromatic rings. The van der Waals surface area contributed by atoms with Gasteiger partial charge in [-0.2, -0.15) is 11.3 Å². The molecule has 1 atom stereocenters. The summed E-state index contributed by atoms with van der Waals surface area (Å²) in [6.07, 6.45) is 0.199. The molecule has 0 bridgehead atoms. The second-order valence-corrected chi connectivity index (χ2v) is 5.83. The number of rotatable bonds is 7. The first-order valence-corrected chi connectivity index (χ1v) is 8.47. The molecule has 0 spiro atoms. The van der Waals surface area contributed by atoms with Crippen LogP contribution >= 0.6 is 35.3 Å². The number of guanidine groups is 1. The summed E-state index contributed by atoms with van der Waals surface area (Å²) in [6, 6.07) is 12.1. The highest BCUT2D eigenvalue weighted by Gasteiger charge is 2.06. The summed E-state index contributed by atoms with van der Waals surface area (Å²) >= 11 is 1.67. The van der Waals surface area contributed by atoms with Crippen molar-refractivity contribution in [2.75, 3.05) is 13.1 Å². The molecule has 0 radical (unpaired) electrons. The summed E-state index contributed by atoms with van der Waals surface area (Å²) in [6.45, 7) is 3.95. The Bertz CT molecular complexity index is 560. The highest BCUT2D eigenvalue weighted by atomic mass is 127. The monoisotopic (exact) mass is 445 g/mol. The number of halogens is 1. The molecule has 6 heteroatoms. The minimum absolute atomic E-state index is 0. The summed E-state index contributed by atoms with van der Waals surface area (Å²) in [7, 11) is 0. The third-order valence-corrected chi connectivity index (χ3v) is 3.90. The lowest BCUT2D eigenvalue weighted by Crippen LogP contribution is -2.41. The zero-order chi connectivity index (χ0) is 15.6. The van der Waals surface area contributed by atoms with Crippen molar-refractivity contribution in [3.05, 3.63) is 58.3 Å². The fourth-order valence-electron chi connectivity index (χ4n) is 2.07. The smallest absolute Gasteiger partial charge is 0.191 e. The van der Waals surface area contributed by atoms with Gasteiger partial charge in [0.25, 0.3) is 0 Å². The topological polar surface area (TPSA) is 56.7 Å². The van der Waals surface area contributed by atoms with Crippen LogP contribution in [0.15, 0.2) is 52.2 Å². The van der Waals surface area contributed by atoms with Crippen LogP contribution in [0.5, 0.6) is 0 Å². The van der Waals surface area contributed by atoms with Gasteiger partial charge in [0.2, 0.25) is 0 Å². The van der Waals surface area contributed by atoms with Crippen LogP contribution in [0.25, 0.3) is 0 Å². The van der Waals surface area contributed by atoms with Crippen LogP contribution in [-0.4, -0.2) is 30.3 Å². The molecular formula is C17H24IN3OS. The number of benzene rings is 1. The van der Waals surface area contributed by atoms with Gasteiger partial charge in [-0.15, -0.1) is 24.0 Å². The van der Waals surface area contributed by atoms with E-state index in [0.29, 0.717) is 19.5 Å². The van der Waals surface area contributed by atoms with Gasteiger partial charge in [-0.3, -0.25) is 0 Å². The third kappa shape index (κ3) is 7.81. The molecule has 0 fully saturated rings. The van der Waals surface area contributed by atoms with Crippen molar-refractivity contribution >= 4 is 41.3 Å². The lowest BCUT2D eigenvalue weighted by Gasteiger charge is -2.15. The van der Waals surface area contributed by atoms with Crippen molar-refractivity contribution in [3.63, 3.8) is 0 Å². The number of nitrogens with zero attached hydrogens (tertiary/aromatic N) is 1. The molecule has 0 amide bonds. The molecule has 1 aromatic heterocycles. The van der Waals surface area contributed by atoms with Crippen molar-refractivity contribution < 1.29 is 5.11 Å². The Morgan fingerprint density at radius 2 is 1.96 bits per heavy atom. The van der Waals surface area contributed by atoms with Gasteiger partial charge in [0, 0.05) is 19.5 Å². The largest absolute Gasteiger partial charge is 0.391 e. The van der Waals surface area contributed by atoms with E-state index >= 15 is 0 Å². The highest BCUT2D eigenvalue weighted by Crippen LogP contribution is 2.07. The Balaban J connectivity index is 0.00000264. The fourth-order valence-corrected chi connectivity index (χ4v) is 2.73. The first kappa shape index (κ1) is 19.9. The van der Waals surface area contributed by atoms with Crippen LogP contribution in [0.1, 0.15) is 18.1 Å². The molecule has 126 valence electrons. The Morgan fingerprint density at radius 3 is 2.61 bits per heavy atom. The minimum Gasteiger partial charge on any atom is -0.391 e. The average molecular weight is 445 g/mol. The standard InChI is InChI=1S/C17H23N3OS.HI/c1-2-18-17(19-11-15-8-9-22-13-15)20-12-16(21)10-14-6-4-3-5-7-14;/h3-9,13,16,21H,2,10-12H2,1H3,(H2,18,19,20);1H. The van der Waals surface area contributed by atoms with Crippen molar-refractivity contribution in [3.8, 4) is 0 Å². The summed E-state index contributed by atoms with van der Waals surface area (Å²) < 4.78 is 0. The van der Waals surface area contributed by atoms with E-state index in [0.717, 1.165) is 18.1 Å². The lowest BCUT2D eigenvalue weighted by atomic mass is 10.1. The van der Waals surface area contributed by atoms with E-state index in [9.17, 15) is 5.11 Å². The SMILES string of the molecule is CCNC(=NCc1ccsc1)NCC(O)Cc1ccccc1.I. The summed E-state index contributed by atoms with van der Waals surface area (Å²) in [4.78, 5) is 4.52. The van der Waals surface area contributed by atoms with Crippen LogP contribution in [0.3, 0.4) is 0 Å². The lowest BCUT2D eigenvalue weighted by molar-refractivity contribution is 0.177. The van der Waals surface area contributed by atoms with Gasteiger partial charge >= 0.3 is 0 Å². The van der Waals surface area contributed by atoms with Gasteiger partial charge in [-0.05, 0) is 34.9 Å². The molecule has 4 nitrogen and oxygen atoms in total. The quantitative estimate of drug-likeness (QED) is 0.349. The van der Waals surface area contributed by atoms with Gasteiger partial charge in [0.05, 0.1) is 12.6 Å². The van der Waals surface area contributed by atoms with Crippen molar-refractivity contribution in [2.24, 2.45) is 4.99 Å². The Hall–Kier alpha value is -1.12. The van der Waals surface area contributed by atoms with E-state index in [2.05, 4.69) is 32.5 Å². The zero-order valence-electron chi connectivity index (χ0n) is 13.2. The number of thiophene rings is 1. The van der Waals surface area contributed by atoms with E-state index < -0.39 is 6.10 Å². The first-order valence-electron chi connectivity index (χ1n) is 7.53. The van der Waals surface area contributed by atoms with E-state index in [1.165, 1.54) is 5.56 Å². The van der Waals surface area contributed by atoms with Crippen LogP contribution in [0.4, 0.5) is 0 Å². The fraction of sp³-hybridized carbons (Fsp3) is 0.353. The van der Waals surface area contributed by atoms with Crippen molar-refractivity contribution in [1.29, 1.82) is 0 Å². The number of hydrogen-bond acceptors (Lipinski definition) is 3. The highest BCUT2D eigenvalue weighted by molar-refractivity contribution is 14.0. The number of aliphatic hydroxyl groups is 1. The van der Waals surface area contributed by atoms with Gasteiger partial charge < -0.3 is 15.7 Å². The third-order valence-electron chi connectivity index (χ3n) is 3.16. The van der Waals surface area contributed by atoms with Crippen LogP contribution < -0.4 is 10.6 Å². The Labute approximate surface area is 159 Å². The van der Waals surface area contributed by atoms with E-state index in [4.69, 9.17) is 0 Å². The molecule has 0 saturated heterocycles. The zero-order valence-corrected chi connectivity index (χ0v) is 16.4. The van der Waals surface area contributed by atoms with E-state index in [-0.39, 0.29) is 24.0 Å². The number of nitrogens with one attached hydrogen (secondary N) is 2. The summed E-state index contributed by atoms with van der Waals surface area (Å²) in [5.74, 6) is 0.737. The Kier molecular flexibility index (Phi) is 9.89. The van der Waals surface area contributed by atoms with Gasteiger partial charge in [0.15, 0.2) is 5.96 Å². The molecular weight excluding hydrogens is 421 g/mol. The minimum atomic E-state index is -0.438. The average Bonchev–Trinajstić information content (AvgIpc) is 3.04. The molecule has 23 heavy (non-hydrogen) atoms. The van der Waals surface area contributed by atoms with Crippen LogP contribution in [0.2, 0.25) is 0 Å². The van der Waals surface area contributed by atoms with Gasteiger partial charge in [0.1, 0.15) is 0 Å². The maximum absolute atomic E-state index is 10.1. The molecule has 0 saturated carbocycles. The maximum Gasteiger partial charge on any atom is 0.191 e. The van der Waals surface area contributed by atoms with Gasteiger partial charge in [-0.1, -0.05) is 30.3 Å². The predicted molar refractivity (Wildman–Crippen MR) is 109 cm³/mol.